The predicted molar refractivity (Wildman–Crippen MR) is 103 cm³/mol. The fourth-order valence-corrected chi connectivity index (χ4v) is 4.15. The number of likely N-dealkylation sites (tertiary alicyclic amines) is 1. The van der Waals surface area contributed by atoms with Gasteiger partial charge in [-0.15, -0.1) is 0 Å². The van der Waals surface area contributed by atoms with Gasteiger partial charge in [-0.3, -0.25) is 19.2 Å². The number of imide groups is 1. The Morgan fingerprint density at radius 1 is 1.14 bits per heavy atom. The number of nitrogens with zero attached hydrogens (tertiary/aromatic N) is 3. The lowest BCUT2D eigenvalue weighted by molar-refractivity contribution is -0.148. The molecule has 0 aliphatic carbocycles. The van der Waals surface area contributed by atoms with Crippen molar-refractivity contribution >= 4 is 38.6 Å². The molecule has 3 aromatic rings. The van der Waals surface area contributed by atoms with E-state index in [0.717, 1.165) is 5.56 Å². The number of piperidine rings is 1. The van der Waals surface area contributed by atoms with Crippen LogP contribution in [0, 0.1) is 6.92 Å². The maximum Gasteiger partial charge on any atom is 0.263 e. The highest BCUT2D eigenvalue weighted by molar-refractivity contribution is 7.92. The number of amides is 2. The molecule has 0 saturated carbocycles. The Hall–Kier alpha value is -3.27. The van der Waals surface area contributed by atoms with E-state index in [9.17, 15) is 18.0 Å². The second kappa shape index (κ2) is 7.28. The van der Waals surface area contributed by atoms with E-state index in [0.29, 0.717) is 36.0 Å². The highest BCUT2D eigenvalue weighted by Gasteiger charge is 2.25. The van der Waals surface area contributed by atoms with Gasteiger partial charge in [-0.1, -0.05) is 17.3 Å². The SMILES string of the molecule is Cc1noc2ncc(S(=O)(=O)Nc3ccc(CN4C(=O)CCCC4=O)cc3)cc12. The standard InChI is InChI=1S/C19H18N4O5S/c1-12-16-9-15(10-20-19(16)28-21-12)29(26,27)22-14-7-5-13(6-8-14)11-23-17(24)3-2-4-18(23)25/h5-10,22H,2-4,11H2,1H3. The largest absolute Gasteiger partial charge is 0.336 e. The molecule has 9 nitrogen and oxygen atoms in total. The highest BCUT2D eigenvalue weighted by Crippen LogP contribution is 2.22. The number of aryl methyl sites for hydroxylation is 1. The van der Waals surface area contributed by atoms with E-state index < -0.39 is 10.0 Å². The summed E-state index contributed by atoms with van der Waals surface area (Å²) in [5, 5.41) is 4.29. The van der Waals surface area contributed by atoms with Crippen molar-refractivity contribution in [2.75, 3.05) is 4.72 Å². The zero-order valence-corrected chi connectivity index (χ0v) is 16.4. The number of benzene rings is 1. The van der Waals surface area contributed by atoms with Gasteiger partial charge in [0.05, 0.1) is 23.8 Å². The van der Waals surface area contributed by atoms with Gasteiger partial charge in [-0.2, -0.15) is 0 Å². The van der Waals surface area contributed by atoms with Crippen LogP contribution in [0.1, 0.15) is 30.5 Å². The molecule has 1 saturated heterocycles. The quantitative estimate of drug-likeness (QED) is 0.636. The molecule has 1 fully saturated rings. The highest BCUT2D eigenvalue weighted by atomic mass is 32.2. The summed E-state index contributed by atoms with van der Waals surface area (Å²) in [4.78, 5) is 29.0. The van der Waals surface area contributed by atoms with E-state index in [1.165, 1.54) is 17.2 Å². The maximum atomic E-state index is 12.7. The fourth-order valence-electron chi connectivity index (χ4n) is 3.12. The van der Waals surface area contributed by atoms with Crippen LogP contribution in [0.2, 0.25) is 0 Å². The number of anilines is 1. The third-order valence-electron chi connectivity index (χ3n) is 4.73. The van der Waals surface area contributed by atoms with Crippen LogP contribution in [0.25, 0.3) is 11.1 Å². The van der Waals surface area contributed by atoms with Crippen molar-refractivity contribution in [3.05, 3.63) is 47.8 Å². The first-order valence-electron chi connectivity index (χ1n) is 9.00. The minimum atomic E-state index is -3.86. The van der Waals surface area contributed by atoms with Crippen molar-refractivity contribution in [2.45, 2.75) is 37.6 Å². The van der Waals surface area contributed by atoms with Crippen LogP contribution < -0.4 is 4.72 Å². The average Bonchev–Trinajstić information content (AvgIpc) is 3.06. The Bertz CT molecular complexity index is 1190. The van der Waals surface area contributed by atoms with Crippen LogP contribution in [-0.2, 0) is 26.2 Å². The molecule has 0 atom stereocenters. The fraction of sp³-hybridized carbons (Fsp3) is 0.263. The molecule has 0 radical (unpaired) electrons. The Morgan fingerprint density at radius 2 is 1.83 bits per heavy atom. The topological polar surface area (TPSA) is 122 Å². The first-order valence-corrected chi connectivity index (χ1v) is 10.5. The summed E-state index contributed by atoms with van der Waals surface area (Å²) >= 11 is 0. The molecule has 2 aromatic heterocycles. The number of aromatic nitrogens is 2. The van der Waals surface area contributed by atoms with E-state index in [-0.39, 0.29) is 29.0 Å². The number of rotatable bonds is 5. The molecule has 1 aliphatic rings. The minimum absolute atomic E-state index is 0.00936. The van der Waals surface area contributed by atoms with Gasteiger partial charge in [-0.05, 0) is 37.1 Å². The zero-order chi connectivity index (χ0) is 20.6. The first-order chi connectivity index (χ1) is 13.8. The van der Waals surface area contributed by atoms with Crippen molar-refractivity contribution in [3.8, 4) is 0 Å². The third-order valence-corrected chi connectivity index (χ3v) is 6.07. The molecule has 29 heavy (non-hydrogen) atoms. The minimum Gasteiger partial charge on any atom is -0.336 e. The van der Waals surface area contributed by atoms with Gasteiger partial charge in [0.1, 0.15) is 4.90 Å². The molecular weight excluding hydrogens is 396 g/mol. The summed E-state index contributed by atoms with van der Waals surface area (Å²) in [5.41, 5.74) is 1.91. The normalized spacial score (nSPS) is 15.1. The van der Waals surface area contributed by atoms with Gasteiger partial charge >= 0.3 is 0 Å². The molecule has 2 amide bonds. The number of nitrogens with one attached hydrogen (secondary N) is 1. The summed E-state index contributed by atoms with van der Waals surface area (Å²) in [6, 6.07) is 7.99. The van der Waals surface area contributed by atoms with Gasteiger partial charge in [0, 0.05) is 18.5 Å². The van der Waals surface area contributed by atoms with Gasteiger partial charge in [0.15, 0.2) is 0 Å². The second-order valence-corrected chi connectivity index (χ2v) is 8.50. The van der Waals surface area contributed by atoms with Crippen LogP contribution in [0.5, 0.6) is 0 Å². The molecule has 0 bridgehead atoms. The molecule has 1 aromatic carbocycles. The summed E-state index contributed by atoms with van der Waals surface area (Å²) in [7, 11) is -3.86. The van der Waals surface area contributed by atoms with E-state index >= 15 is 0 Å². The van der Waals surface area contributed by atoms with E-state index in [1.54, 1.807) is 31.2 Å². The average molecular weight is 414 g/mol. The third kappa shape index (κ3) is 3.83. The molecule has 3 heterocycles. The van der Waals surface area contributed by atoms with Gasteiger partial charge in [-0.25, -0.2) is 13.4 Å². The zero-order valence-electron chi connectivity index (χ0n) is 15.6. The maximum absolute atomic E-state index is 12.7. The lowest BCUT2D eigenvalue weighted by Crippen LogP contribution is -2.39. The Kier molecular flexibility index (Phi) is 4.79. The summed E-state index contributed by atoms with van der Waals surface area (Å²) < 4.78 is 32.8. The Balaban J connectivity index is 1.50. The van der Waals surface area contributed by atoms with Crippen molar-refractivity contribution < 1.29 is 22.5 Å². The number of fused-ring (bicyclic) bond motifs is 1. The molecular formula is C19H18N4O5S. The summed E-state index contributed by atoms with van der Waals surface area (Å²) in [6.07, 6.45) is 2.53. The number of hydrogen-bond donors (Lipinski definition) is 1. The summed E-state index contributed by atoms with van der Waals surface area (Å²) in [5.74, 6) is -0.365. The van der Waals surface area contributed by atoms with Gasteiger partial charge in [0.25, 0.3) is 15.7 Å². The Morgan fingerprint density at radius 3 is 2.52 bits per heavy atom. The Labute approximate surface area is 166 Å². The number of hydrogen-bond acceptors (Lipinski definition) is 7. The van der Waals surface area contributed by atoms with E-state index in [2.05, 4.69) is 14.9 Å². The molecule has 1 aliphatic heterocycles. The molecule has 10 heteroatoms. The van der Waals surface area contributed by atoms with Crippen LogP contribution in [0.15, 0.2) is 45.9 Å². The first kappa shape index (κ1) is 19.1. The van der Waals surface area contributed by atoms with Crippen molar-refractivity contribution in [1.29, 1.82) is 0 Å². The van der Waals surface area contributed by atoms with E-state index in [1.807, 2.05) is 0 Å². The smallest absolute Gasteiger partial charge is 0.263 e. The molecule has 0 spiro atoms. The predicted octanol–water partition coefficient (Wildman–Crippen LogP) is 2.37. The van der Waals surface area contributed by atoms with E-state index in [4.69, 9.17) is 4.52 Å². The van der Waals surface area contributed by atoms with Crippen LogP contribution >= 0.6 is 0 Å². The number of pyridine rings is 1. The molecule has 150 valence electrons. The molecule has 0 unspecified atom stereocenters. The van der Waals surface area contributed by atoms with Crippen molar-refractivity contribution in [3.63, 3.8) is 0 Å². The van der Waals surface area contributed by atoms with Crippen LogP contribution in [0.4, 0.5) is 5.69 Å². The van der Waals surface area contributed by atoms with Crippen molar-refractivity contribution in [2.24, 2.45) is 0 Å². The van der Waals surface area contributed by atoms with Gasteiger partial charge in [0.2, 0.25) is 11.8 Å². The lowest BCUT2D eigenvalue weighted by atomic mass is 10.1. The lowest BCUT2D eigenvalue weighted by Gasteiger charge is -2.24. The second-order valence-electron chi connectivity index (χ2n) is 6.82. The monoisotopic (exact) mass is 414 g/mol. The van der Waals surface area contributed by atoms with Crippen LogP contribution in [-0.4, -0.2) is 35.3 Å². The number of sulfonamides is 1. The van der Waals surface area contributed by atoms with Crippen LogP contribution in [0.3, 0.4) is 0 Å². The summed E-state index contributed by atoms with van der Waals surface area (Å²) in [6.45, 7) is 1.88. The van der Waals surface area contributed by atoms with Gasteiger partial charge < -0.3 is 4.52 Å². The number of carbonyl (C=O) groups excluding carboxylic acids is 2. The molecule has 1 N–H and O–H groups in total. The van der Waals surface area contributed by atoms with Crippen molar-refractivity contribution in [1.82, 2.24) is 15.0 Å². The molecule has 4 rings (SSSR count). The number of carbonyl (C=O) groups is 2.